The van der Waals surface area contributed by atoms with Gasteiger partial charge in [0.05, 0.1) is 12.7 Å². The fraction of sp³-hybridized carbons (Fsp3) is 0.0667. The summed E-state index contributed by atoms with van der Waals surface area (Å²) in [5.41, 5.74) is 0.644. The van der Waals surface area contributed by atoms with Gasteiger partial charge < -0.3 is 20.3 Å². The Kier molecular flexibility index (Phi) is 3.95. The molecule has 1 amide bonds. The number of aromatic hydroxyl groups is 2. The highest BCUT2D eigenvalue weighted by Crippen LogP contribution is 2.29. The molecule has 106 valence electrons. The van der Waals surface area contributed by atoms with Gasteiger partial charge in [-0.1, -0.05) is 6.07 Å². The van der Waals surface area contributed by atoms with Gasteiger partial charge in [0, 0.05) is 5.56 Å². The molecule has 6 nitrogen and oxygen atoms in total. The zero-order valence-corrected chi connectivity index (χ0v) is 11.1. The minimum absolute atomic E-state index is 0.139. The molecule has 0 aliphatic rings. The van der Waals surface area contributed by atoms with E-state index in [4.69, 9.17) is 10.00 Å². The lowest BCUT2D eigenvalue weighted by atomic mass is 10.1. The first-order chi connectivity index (χ1) is 10.1. The molecule has 0 unspecified atom stereocenters. The topological polar surface area (TPSA) is 103 Å². The van der Waals surface area contributed by atoms with E-state index in [0.29, 0.717) is 5.75 Å². The second-order valence-electron chi connectivity index (χ2n) is 4.15. The number of carbonyl (C=O) groups is 1. The number of nitrogens with one attached hydrogen (secondary N) is 1. The van der Waals surface area contributed by atoms with E-state index in [1.807, 2.05) is 6.07 Å². The van der Waals surface area contributed by atoms with Crippen molar-refractivity contribution in [3.05, 3.63) is 47.5 Å². The molecule has 0 saturated heterocycles. The normalized spacial score (nSPS) is 9.71. The lowest BCUT2D eigenvalue weighted by molar-refractivity contribution is 0.102. The number of nitrogens with zero attached hydrogens (tertiary/aromatic N) is 1. The minimum atomic E-state index is -0.536. The quantitative estimate of drug-likeness (QED) is 0.750. The molecule has 6 heteroatoms. The number of carbonyl (C=O) groups excluding carboxylic acids is 1. The van der Waals surface area contributed by atoms with Crippen molar-refractivity contribution < 1.29 is 19.7 Å². The van der Waals surface area contributed by atoms with Gasteiger partial charge in [-0.25, -0.2) is 0 Å². The number of anilines is 1. The van der Waals surface area contributed by atoms with E-state index >= 15 is 0 Å². The molecular formula is C15H12N2O4. The van der Waals surface area contributed by atoms with Crippen molar-refractivity contribution in [2.75, 3.05) is 12.4 Å². The number of phenols is 2. The van der Waals surface area contributed by atoms with Crippen LogP contribution in [-0.4, -0.2) is 23.2 Å². The Morgan fingerprint density at radius 3 is 2.62 bits per heavy atom. The fourth-order valence-electron chi connectivity index (χ4n) is 1.77. The van der Waals surface area contributed by atoms with E-state index < -0.39 is 11.7 Å². The van der Waals surface area contributed by atoms with E-state index in [0.717, 1.165) is 6.07 Å². The number of benzene rings is 2. The lowest BCUT2D eigenvalue weighted by Gasteiger charge is -2.11. The molecule has 2 aromatic carbocycles. The van der Waals surface area contributed by atoms with Gasteiger partial charge >= 0.3 is 0 Å². The number of hydrogen-bond acceptors (Lipinski definition) is 5. The van der Waals surface area contributed by atoms with Crippen molar-refractivity contribution in [3.8, 4) is 23.3 Å². The summed E-state index contributed by atoms with van der Waals surface area (Å²) in [7, 11) is 1.43. The predicted octanol–water partition coefficient (Wildman–Crippen LogP) is 2.23. The van der Waals surface area contributed by atoms with Crippen LogP contribution in [0.2, 0.25) is 0 Å². The molecule has 2 aromatic rings. The Morgan fingerprint density at radius 1 is 1.24 bits per heavy atom. The number of amides is 1. The lowest BCUT2D eigenvalue weighted by Crippen LogP contribution is -2.13. The van der Waals surface area contributed by atoms with Crippen LogP contribution >= 0.6 is 0 Å². The first-order valence-corrected chi connectivity index (χ1v) is 5.97. The summed E-state index contributed by atoms with van der Waals surface area (Å²) in [6.45, 7) is 0. The van der Waals surface area contributed by atoms with Gasteiger partial charge in [-0.05, 0) is 30.3 Å². The Balaban J connectivity index is 2.36. The van der Waals surface area contributed by atoms with Crippen molar-refractivity contribution in [1.82, 2.24) is 0 Å². The summed E-state index contributed by atoms with van der Waals surface area (Å²) in [6.07, 6.45) is 0. The number of para-hydroxylation sites is 1. The molecule has 0 heterocycles. The highest BCUT2D eigenvalue weighted by atomic mass is 16.5. The first kappa shape index (κ1) is 14.2. The number of phenolic OH excluding ortho intramolecular Hbond substituents is 2. The molecule has 0 bridgehead atoms. The predicted molar refractivity (Wildman–Crippen MR) is 75.4 cm³/mol. The van der Waals surface area contributed by atoms with Gasteiger partial charge in [-0.15, -0.1) is 0 Å². The van der Waals surface area contributed by atoms with Crippen molar-refractivity contribution in [2.24, 2.45) is 0 Å². The standard InChI is InChI=1S/C15H12N2O4/c1-21-13-4-2-3-10(8-16)14(13)17-15(20)9-5-6-11(18)12(19)7-9/h2-7,18-19H,1H3,(H,17,20). The van der Waals surface area contributed by atoms with Gasteiger partial charge in [0.25, 0.3) is 5.91 Å². The SMILES string of the molecule is COc1cccc(C#N)c1NC(=O)c1ccc(O)c(O)c1. The van der Waals surface area contributed by atoms with Crippen LogP contribution in [0.15, 0.2) is 36.4 Å². The summed E-state index contributed by atoms with van der Waals surface area (Å²) in [5, 5.41) is 30.3. The third-order valence-corrected chi connectivity index (χ3v) is 2.84. The summed E-state index contributed by atoms with van der Waals surface area (Å²) >= 11 is 0. The molecular weight excluding hydrogens is 272 g/mol. The smallest absolute Gasteiger partial charge is 0.255 e. The van der Waals surface area contributed by atoms with E-state index in [1.165, 1.54) is 19.2 Å². The zero-order chi connectivity index (χ0) is 15.4. The maximum atomic E-state index is 12.1. The summed E-state index contributed by atoms with van der Waals surface area (Å²) in [5.74, 6) is -0.901. The summed E-state index contributed by atoms with van der Waals surface area (Å²) in [6, 6.07) is 10.5. The van der Waals surface area contributed by atoms with Crippen molar-refractivity contribution in [2.45, 2.75) is 0 Å². The average Bonchev–Trinajstić information content (AvgIpc) is 2.50. The fourth-order valence-corrected chi connectivity index (χ4v) is 1.77. The summed E-state index contributed by atoms with van der Waals surface area (Å²) < 4.78 is 5.11. The second-order valence-corrected chi connectivity index (χ2v) is 4.15. The molecule has 0 spiro atoms. The monoisotopic (exact) mass is 284 g/mol. The Bertz CT molecular complexity index is 735. The average molecular weight is 284 g/mol. The maximum Gasteiger partial charge on any atom is 0.255 e. The Hall–Kier alpha value is -3.20. The Morgan fingerprint density at radius 2 is 2.00 bits per heavy atom. The zero-order valence-electron chi connectivity index (χ0n) is 11.1. The maximum absolute atomic E-state index is 12.1. The van der Waals surface area contributed by atoms with E-state index in [-0.39, 0.29) is 22.6 Å². The molecule has 21 heavy (non-hydrogen) atoms. The largest absolute Gasteiger partial charge is 0.504 e. The van der Waals surface area contributed by atoms with Crippen LogP contribution < -0.4 is 10.1 Å². The first-order valence-electron chi connectivity index (χ1n) is 5.97. The van der Waals surface area contributed by atoms with Crippen LogP contribution in [0.3, 0.4) is 0 Å². The molecule has 0 aliphatic heterocycles. The van der Waals surface area contributed by atoms with Crippen LogP contribution in [0.5, 0.6) is 17.2 Å². The number of hydrogen-bond donors (Lipinski definition) is 3. The Labute approximate surface area is 120 Å². The molecule has 0 aromatic heterocycles. The van der Waals surface area contributed by atoms with Crippen LogP contribution in [0.25, 0.3) is 0 Å². The van der Waals surface area contributed by atoms with E-state index in [2.05, 4.69) is 5.32 Å². The van der Waals surface area contributed by atoms with E-state index in [9.17, 15) is 15.0 Å². The van der Waals surface area contributed by atoms with Gasteiger partial charge in [0.1, 0.15) is 17.5 Å². The van der Waals surface area contributed by atoms with Crippen LogP contribution in [-0.2, 0) is 0 Å². The van der Waals surface area contributed by atoms with Crippen LogP contribution in [0.1, 0.15) is 15.9 Å². The summed E-state index contributed by atoms with van der Waals surface area (Å²) in [4.78, 5) is 12.1. The highest BCUT2D eigenvalue weighted by Gasteiger charge is 2.14. The minimum Gasteiger partial charge on any atom is -0.504 e. The molecule has 2 rings (SSSR count). The second kappa shape index (κ2) is 5.84. The van der Waals surface area contributed by atoms with Crippen molar-refractivity contribution in [1.29, 1.82) is 5.26 Å². The van der Waals surface area contributed by atoms with Gasteiger partial charge in [0.15, 0.2) is 11.5 Å². The molecule has 0 radical (unpaired) electrons. The van der Waals surface area contributed by atoms with Gasteiger partial charge in [-0.3, -0.25) is 4.79 Å². The number of ether oxygens (including phenoxy) is 1. The highest BCUT2D eigenvalue weighted by molar-refractivity contribution is 6.06. The van der Waals surface area contributed by atoms with Crippen LogP contribution in [0, 0.1) is 11.3 Å². The third kappa shape index (κ3) is 2.87. The van der Waals surface area contributed by atoms with Gasteiger partial charge in [0.2, 0.25) is 0 Å². The number of methoxy groups -OCH3 is 1. The number of rotatable bonds is 3. The molecule has 0 aliphatic carbocycles. The van der Waals surface area contributed by atoms with Crippen molar-refractivity contribution >= 4 is 11.6 Å². The molecule has 0 fully saturated rings. The van der Waals surface area contributed by atoms with E-state index in [1.54, 1.807) is 18.2 Å². The third-order valence-electron chi connectivity index (χ3n) is 2.84. The van der Waals surface area contributed by atoms with Crippen molar-refractivity contribution in [3.63, 3.8) is 0 Å². The molecule has 0 atom stereocenters. The molecule has 0 saturated carbocycles. The van der Waals surface area contributed by atoms with Gasteiger partial charge in [-0.2, -0.15) is 5.26 Å². The molecule has 3 N–H and O–H groups in total. The number of nitriles is 1. The van der Waals surface area contributed by atoms with Crippen LogP contribution in [0.4, 0.5) is 5.69 Å².